The Bertz CT molecular complexity index is 862. The monoisotopic (exact) mass is 441 g/mol. The van der Waals surface area contributed by atoms with Gasteiger partial charge in [0, 0.05) is 64.6 Å². The lowest BCUT2D eigenvalue weighted by Gasteiger charge is -2.36. The third-order valence-corrected chi connectivity index (χ3v) is 5.98. The van der Waals surface area contributed by atoms with Gasteiger partial charge in [-0.15, -0.1) is 10.2 Å². The van der Waals surface area contributed by atoms with E-state index in [-0.39, 0.29) is 12.6 Å². The van der Waals surface area contributed by atoms with Gasteiger partial charge in [-0.2, -0.15) is 0 Å². The molecule has 0 spiro atoms. The van der Waals surface area contributed by atoms with Crippen molar-refractivity contribution in [2.75, 3.05) is 87.7 Å². The Hall–Kier alpha value is -3.11. The van der Waals surface area contributed by atoms with Crippen molar-refractivity contribution in [3.8, 4) is 5.75 Å². The third-order valence-electron chi connectivity index (χ3n) is 5.98. The zero-order chi connectivity index (χ0) is 22.3. The molecule has 0 bridgehead atoms. The van der Waals surface area contributed by atoms with Crippen LogP contribution in [0.25, 0.3) is 0 Å². The number of amides is 2. The van der Waals surface area contributed by atoms with E-state index in [1.807, 2.05) is 41.3 Å². The molecule has 0 radical (unpaired) electrons. The highest BCUT2D eigenvalue weighted by atomic mass is 16.5. The Labute approximate surface area is 188 Å². The lowest BCUT2D eigenvalue weighted by atomic mass is 10.3. The van der Waals surface area contributed by atoms with E-state index in [2.05, 4.69) is 30.2 Å². The maximum atomic E-state index is 12.6. The highest BCUT2D eigenvalue weighted by Gasteiger charge is 2.23. The van der Waals surface area contributed by atoms with Crippen LogP contribution in [-0.2, 0) is 0 Å². The first kappa shape index (κ1) is 22.1. The highest BCUT2D eigenvalue weighted by Crippen LogP contribution is 2.19. The second-order valence-electron chi connectivity index (χ2n) is 7.93. The summed E-state index contributed by atoms with van der Waals surface area (Å²) in [6.45, 7) is 7.21. The van der Waals surface area contributed by atoms with E-state index in [0.29, 0.717) is 26.2 Å². The molecule has 1 aromatic carbocycles. The third kappa shape index (κ3) is 5.38. The predicted molar refractivity (Wildman–Crippen MR) is 124 cm³/mol. The number of β-amino-alcohol motifs (C(OH)–C–C–N with tert-alkyl or cyclic N) is 1. The minimum absolute atomic E-state index is 0.100. The minimum atomic E-state index is -0.100. The molecular weight excluding hydrogens is 410 g/mol. The summed E-state index contributed by atoms with van der Waals surface area (Å²) in [6.07, 6.45) is 0. The van der Waals surface area contributed by atoms with Gasteiger partial charge in [0.15, 0.2) is 11.6 Å². The quantitative estimate of drug-likeness (QED) is 0.684. The van der Waals surface area contributed by atoms with Gasteiger partial charge in [0.2, 0.25) is 0 Å². The number of ether oxygens (including phenoxy) is 1. The van der Waals surface area contributed by atoms with Gasteiger partial charge >= 0.3 is 6.03 Å². The molecule has 0 aliphatic carbocycles. The molecule has 1 aromatic heterocycles. The van der Waals surface area contributed by atoms with Gasteiger partial charge in [-0.1, -0.05) is 0 Å². The topological polar surface area (TPSA) is 97.3 Å². The number of methoxy groups -OCH3 is 1. The van der Waals surface area contributed by atoms with Gasteiger partial charge in [-0.25, -0.2) is 4.79 Å². The summed E-state index contributed by atoms with van der Waals surface area (Å²) >= 11 is 0. The van der Waals surface area contributed by atoms with Gasteiger partial charge < -0.3 is 29.9 Å². The van der Waals surface area contributed by atoms with Crippen LogP contribution in [0.15, 0.2) is 36.4 Å². The average molecular weight is 442 g/mol. The van der Waals surface area contributed by atoms with E-state index < -0.39 is 0 Å². The number of carbonyl (C=O) groups excluding carboxylic acids is 1. The number of aliphatic hydroxyl groups is 1. The molecule has 2 N–H and O–H groups in total. The SMILES string of the molecule is COc1ccc(NC(=O)N2CCN(c3ccc(N4CCN(CCO)CC4)nn3)CC2)cc1. The summed E-state index contributed by atoms with van der Waals surface area (Å²) in [7, 11) is 1.62. The Balaban J connectivity index is 1.25. The van der Waals surface area contributed by atoms with E-state index in [1.165, 1.54) is 0 Å². The zero-order valence-corrected chi connectivity index (χ0v) is 18.5. The molecule has 4 rings (SSSR count). The van der Waals surface area contributed by atoms with Gasteiger partial charge in [-0.3, -0.25) is 4.90 Å². The van der Waals surface area contributed by atoms with E-state index in [0.717, 1.165) is 55.8 Å². The van der Waals surface area contributed by atoms with Crippen LogP contribution in [-0.4, -0.2) is 104 Å². The van der Waals surface area contributed by atoms with Crippen molar-refractivity contribution in [3.05, 3.63) is 36.4 Å². The molecule has 172 valence electrons. The molecule has 2 aliphatic heterocycles. The van der Waals surface area contributed by atoms with Gasteiger partial charge in [0.1, 0.15) is 5.75 Å². The predicted octanol–water partition coefficient (Wildman–Crippen LogP) is 0.954. The molecule has 0 atom stereocenters. The van der Waals surface area contributed by atoms with Crippen LogP contribution in [0.4, 0.5) is 22.1 Å². The molecule has 3 heterocycles. The van der Waals surface area contributed by atoms with E-state index in [4.69, 9.17) is 9.84 Å². The fourth-order valence-electron chi connectivity index (χ4n) is 4.01. The number of urea groups is 1. The average Bonchev–Trinajstić information content (AvgIpc) is 2.85. The van der Waals surface area contributed by atoms with Crippen LogP contribution in [0.3, 0.4) is 0 Å². The number of anilines is 3. The fourth-order valence-corrected chi connectivity index (χ4v) is 4.01. The van der Waals surface area contributed by atoms with Crippen molar-refractivity contribution in [1.82, 2.24) is 20.0 Å². The smallest absolute Gasteiger partial charge is 0.321 e. The van der Waals surface area contributed by atoms with Crippen molar-refractivity contribution in [2.45, 2.75) is 0 Å². The Morgan fingerprint density at radius 3 is 1.97 bits per heavy atom. The number of nitrogens with zero attached hydrogens (tertiary/aromatic N) is 6. The fraction of sp³-hybridized carbons (Fsp3) is 0.500. The Morgan fingerprint density at radius 2 is 1.47 bits per heavy atom. The van der Waals surface area contributed by atoms with Gasteiger partial charge in [-0.05, 0) is 36.4 Å². The zero-order valence-electron chi connectivity index (χ0n) is 18.5. The van der Waals surface area contributed by atoms with E-state index >= 15 is 0 Å². The number of nitrogens with one attached hydrogen (secondary N) is 1. The molecule has 2 aromatic rings. The van der Waals surface area contributed by atoms with Gasteiger partial charge in [0.25, 0.3) is 0 Å². The number of piperazine rings is 2. The summed E-state index contributed by atoms with van der Waals surface area (Å²) in [5.41, 5.74) is 0.747. The van der Waals surface area contributed by atoms with Crippen LogP contribution in [0.5, 0.6) is 5.75 Å². The Morgan fingerprint density at radius 1 is 0.906 bits per heavy atom. The number of hydrogen-bond acceptors (Lipinski definition) is 8. The number of aromatic nitrogens is 2. The van der Waals surface area contributed by atoms with Crippen LogP contribution in [0, 0.1) is 0 Å². The number of rotatable bonds is 6. The molecule has 0 saturated carbocycles. The molecule has 2 saturated heterocycles. The minimum Gasteiger partial charge on any atom is -0.497 e. The summed E-state index contributed by atoms with van der Waals surface area (Å²) in [6, 6.07) is 11.2. The highest BCUT2D eigenvalue weighted by molar-refractivity contribution is 5.89. The van der Waals surface area contributed by atoms with Crippen LogP contribution < -0.4 is 19.9 Å². The van der Waals surface area contributed by atoms with Crippen molar-refractivity contribution in [2.24, 2.45) is 0 Å². The number of carbonyl (C=O) groups is 1. The number of aliphatic hydroxyl groups excluding tert-OH is 1. The van der Waals surface area contributed by atoms with Crippen LogP contribution >= 0.6 is 0 Å². The van der Waals surface area contributed by atoms with Crippen molar-refractivity contribution < 1.29 is 14.6 Å². The second-order valence-corrected chi connectivity index (χ2v) is 7.93. The molecule has 10 heteroatoms. The largest absolute Gasteiger partial charge is 0.497 e. The van der Waals surface area contributed by atoms with Crippen molar-refractivity contribution >= 4 is 23.4 Å². The molecule has 0 unspecified atom stereocenters. The summed E-state index contributed by atoms with van der Waals surface area (Å²) < 4.78 is 5.15. The molecule has 2 fully saturated rings. The lowest BCUT2D eigenvalue weighted by molar-refractivity contribution is 0.188. The van der Waals surface area contributed by atoms with E-state index in [1.54, 1.807) is 7.11 Å². The van der Waals surface area contributed by atoms with E-state index in [9.17, 15) is 4.79 Å². The Kier molecular flexibility index (Phi) is 7.23. The molecular formula is C22H31N7O3. The molecule has 2 aliphatic rings. The van der Waals surface area contributed by atoms with Crippen LogP contribution in [0.2, 0.25) is 0 Å². The second kappa shape index (κ2) is 10.5. The lowest BCUT2D eigenvalue weighted by Crippen LogP contribution is -2.50. The first-order valence-corrected chi connectivity index (χ1v) is 11.0. The van der Waals surface area contributed by atoms with Gasteiger partial charge in [0.05, 0.1) is 13.7 Å². The number of hydrogen-bond donors (Lipinski definition) is 2. The molecule has 32 heavy (non-hydrogen) atoms. The number of benzene rings is 1. The maximum absolute atomic E-state index is 12.6. The normalized spacial score (nSPS) is 17.4. The first-order valence-electron chi connectivity index (χ1n) is 11.0. The summed E-state index contributed by atoms with van der Waals surface area (Å²) in [5, 5.41) is 20.9. The molecule has 10 nitrogen and oxygen atoms in total. The van der Waals surface area contributed by atoms with Crippen molar-refractivity contribution in [1.29, 1.82) is 0 Å². The first-order chi connectivity index (χ1) is 15.7. The summed E-state index contributed by atoms with van der Waals surface area (Å²) in [4.78, 5) is 21.0. The molecule has 2 amide bonds. The summed E-state index contributed by atoms with van der Waals surface area (Å²) in [5.74, 6) is 2.48. The standard InChI is InChI=1S/C22H31N7O3/c1-32-19-4-2-18(3-5-19)23-22(31)29-14-12-28(13-15-29)21-7-6-20(24-25-21)27-10-8-26(9-11-27)16-17-30/h2-7,30H,8-17H2,1H3,(H,23,31). The van der Waals surface area contributed by atoms with Crippen molar-refractivity contribution in [3.63, 3.8) is 0 Å². The van der Waals surface area contributed by atoms with Crippen LogP contribution in [0.1, 0.15) is 0 Å². The maximum Gasteiger partial charge on any atom is 0.321 e.